The summed E-state index contributed by atoms with van der Waals surface area (Å²) in [6.45, 7) is 6.63. The zero-order valence-electron chi connectivity index (χ0n) is 10.4. The molecule has 0 saturated heterocycles. The highest BCUT2D eigenvalue weighted by molar-refractivity contribution is 5.90. The molecule has 0 amide bonds. The van der Waals surface area contributed by atoms with Crippen molar-refractivity contribution in [1.82, 2.24) is 0 Å². The molecule has 0 aliphatic carbocycles. The molecule has 0 spiro atoms. The van der Waals surface area contributed by atoms with E-state index in [1.165, 1.54) is 0 Å². The highest BCUT2D eigenvalue weighted by atomic mass is 16.3. The average Bonchev–Trinajstić information content (AvgIpc) is 2.30. The molecule has 1 N–H and O–H groups in total. The second-order valence-electron chi connectivity index (χ2n) is 4.26. The van der Waals surface area contributed by atoms with E-state index in [4.69, 9.17) is 0 Å². The number of benzene rings is 1. The predicted molar refractivity (Wildman–Crippen MR) is 68.9 cm³/mol. The van der Waals surface area contributed by atoms with Crippen molar-refractivity contribution in [3.05, 3.63) is 35.9 Å². The molecule has 0 saturated carbocycles. The Labute approximate surface area is 98.0 Å². The van der Waals surface area contributed by atoms with Gasteiger partial charge in [-0.3, -0.25) is 4.99 Å². The van der Waals surface area contributed by atoms with Crippen molar-refractivity contribution in [2.45, 2.75) is 39.2 Å². The Bertz CT molecular complexity index is 341. The average molecular weight is 219 g/mol. The van der Waals surface area contributed by atoms with Crippen LogP contribution in [0.15, 0.2) is 35.3 Å². The van der Waals surface area contributed by atoms with Crippen LogP contribution in [0, 0.1) is 0 Å². The van der Waals surface area contributed by atoms with Crippen LogP contribution in [0.4, 0.5) is 0 Å². The smallest absolute Gasteiger partial charge is 0.124 e. The largest absolute Gasteiger partial charge is 0.379 e. The van der Waals surface area contributed by atoms with Gasteiger partial charge in [-0.05, 0) is 25.8 Å². The molecule has 1 atom stereocenters. The number of rotatable bonds is 5. The molecular formula is C14H21NO. The molecule has 0 heterocycles. The van der Waals surface area contributed by atoms with Gasteiger partial charge in [0, 0.05) is 12.3 Å². The van der Waals surface area contributed by atoms with E-state index in [1.54, 1.807) is 6.92 Å². The van der Waals surface area contributed by atoms with Crippen LogP contribution in [0.5, 0.6) is 0 Å². The summed E-state index contributed by atoms with van der Waals surface area (Å²) in [6.07, 6.45) is 2.20. The van der Waals surface area contributed by atoms with E-state index in [1.807, 2.05) is 37.3 Å². The topological polar surface area (TPSA) is 32.6 Å². The van der Waals surface area contributed by atoms with Crippen LogP contribution >= 0.6 is 0 Å². The van der Waals surface area contributed by atoms with E-state index in [0.29, 0.717) is 0 Å². The molecule has 2 nitrogen and oxygen atoms in total. The van der Waals surface area contributed by atoms with Crippen LogP contribution in [0.1, 0.15) is 39.2 Å². The molecule has 1 rings (SSSR count). The third-order valence-electron chi connectivity index (χ3n) is 2.90. The maximum Gasteiger partial charge on any atom is 0.124 e. The third kappa shape index (κ3) is 3.17. The van der Waals surface area contributed by atoms with Gasteiger partial charge in [-0.1, -0.05) is 43.7 Å². The minimum Gasteiger partial charge on any atom is -0.379 e. The van der Waals surface area contributed by atoms with Crippen molar-refractivity contribution >= 4 is 5.71 Å². The summed E-state index contributed by atoms with van der Waals surface area (Å²) in [4.78, 5) is 4.43. The summed E-state index contributed by atoms with van der Waals surface area (Å²) in [5.74, 6) is 0. The molecule has 1 aromatic carbocycles. The Morgan fingerprint density at radius 1 is 1.31 bits per heavy atom. The van der Waals surface area contributed by atoms with Gasteiger partial charge < -0.3 is 5.11 Å². The Balaban J connectivity index is 2.81. The Kier molecular flexibility index (Phi) is 4.69. The summed E-state index contributed by atoms with van der Waals surface area (Å²) in [5.41, 5.74) is 0.731. The second kappa shape index (κ2) is 5.80. The summed E-state index contributed by atoms with van der Waals surface area (Å²) < 4.78 is 0. The van der Waals surface area contributed by atoms with E-state index >= 15 is 0 Å². The second-order valence-corrected chi connectivity index (χ2v) is 4.26. The summed E-state index contributed by atoms with van der Waals surface area (Å²) in [6, 6.07) is 9.67. The van der Waals surface area contributed by atoms with Crippen molar-refractivity contribution < 1.29 is 5.11 Å². The lowest BCUT2D eigenvalue weighted by Crippen LogP contribution is -2.30. The zero-order chi connectivity index (χ0) is 12.0. The summed E-state index contributed by atoms with van der Waals surface area (Å²) in [5, 5.41) is 10.4. The first-order chi connectivity index (χ1) is 7.59. The molecule has 0 bridgehead atoms. The maximum atomic E-state index is 10.4. The number of unbranched alkanes of at least 4 members (excludes halogenated alkanes) is 1. The van der Waals surface area contributed by atoms with Crippen LogP contribution in [0.25, 0.3) is 0 Å². The molecule has 0 aliphatic heterocycles. The van der Waals surface area contributed by atoms with Gasteiger partial charge in [0.05, 0.1) is 0 Å². The maximum absolute atomic E-state index is 10.4. The fourth-order valence-electron chi connectivity index (χ4n) is 1.53. The van der Waals surface area contributed by atoms with E-state index in [2.05, 4.69) is 11.9 Å². The summed E-state index contributed by atoms with van der Waals surface area (Å²) in [7, 11) is 0. The molecule has 1 unspecified atom stereocenters. The Morgan fingerprint density at radius 3 is 2.50 bits per heavy atom. The fraction of sp³-hybridized carbons (Fsp3) is 0.500. The van der Waals surface area contributed by atoms with Crippen molar-refractivity contribution in [1.29, 1.82) is 0 Å². The number of nitrogens with zero attached hydrogens (tertiary/aromatic N) is 1. The van der Waals surface area contributed by atoms with Gasteiger partial charge >= 0.3 is 0 Å². The standard InChI is InChI=1S/C14H21NO/c1-4-5-11-15-12(2)14(3,16)13-9-7-6-8-10-13/h6-10,16H,4-5,11H2,1-3H3. The predicted octanol–water partition coefficient (Wildman–Crippen LogP) is 3.16. The van der Waals surface area contributed by atoms with Crippen LogP contribution in [0.3, 0.4) is 0 Å². The van der Waals surface area contributed by atoms with Crippen molar-refractivity contribution in [3.8, 4) is 0 Å². The van der Waals surface area contributed by atoms with Gasteiger partial charge in [0.25, 0.3) is 0 Å². The number of aliphatic hydroxyl groups is 1. The molecule has 0 aromatic heterocycles. The van der Waals surface area contributed by atoms with Gasteiger partial charge in [-0.25, -0.2) is 0 Å². The van der Waals surface area contributed by atoms with Gasteiger partial charge in [-0.15, -0.1) is 0 Å². The molecular weight excluding hydrogens is 198 g/mol. The fourth-order valence-corrected chi connectivity index (χ4v) is 1.53. The van der Waals surface area contributed by atoms with Crippen molar-refractivity contribution in [2.75, 3.05) is 6.54 Å². The lowest BCUT2D eigenvalue weighted by molar-refractivity contribution is 0.132. The lowest BCUT2D eigenvalue weighted by Gasteiger charge is -2.23. The van der Waals surface area contributed by atoms with E-state index in [9.17, 15) is 5.11 Å². The highest BCUT2D eigenvalue weighted by Crippen LogP contribution is 2.22. The van der Waals surface area contributed by atoms with Gasteiger partial charge in [0.2, 0.25) is 0 Å². The van der Waals surface area contributed by atoms with Gasteiger partial charge in [-0.2, -0.15) is 0 Å². The first kappa shape index (κ1) is 12.9. The Hall–Kier alpha value is -1.15. The quantitative estimate of drug-likeness (QED) is 0.599. The number of aliphatic imine (C=N–C) groups is 1. The molecule has 0 aliphatic rings. The van der Waals surface area contributed by atoms with Gasteiger partial charge in [0.1, 0.15) is 5.60 Å². The molecule has 0 radical (unpaired) electrons. The van der Waals surface area contributed by atoms with Crippen LogP contribution < -0.4 is 0 Å². The minimum absolute atomic E-state index is 0.784. The molecule has 88 valence electrons. The third-order valence-corrected chi connectivity index (χ3v) is 2.90. The van der Waals surface area contributed by atoms with E-state index in [0.717, 1.165) is 30.7 Å². The SMILES string of the molecule is CCCCN=C(C)C(C)(O)c1ccccc1. The van der Waals surface area contributed by atoms with Crippen LogP contribution in [-0.2, 0) is 5.60 Å². The highest BCUT2D eigenvalue weighted by Gasteiger charge is 2.25. The van der Waals surface area contributed by atoms with Crippen molar-refractivity contribution in [3.63, 3.8) is 0 Å². The number of hydrogen-bond acceptors (Lipinski definition) is 2. The molecule has 2 heteroatoms. The van der Waals surface area contributed by atoms with Crippen LogP contribution in [-0.4, -0.2) is 17.4 Å². The monoisotopic (exact) mass is 219 g/mol. The van der Waals surface area contributed by atoms with Gasteiger partial charge in [0.15, 0.2) is 0 Å². The first-order valence-electron chi connectivity index (χ1n) is 5.88. The lowest BCUT2D eigenvalue weighted by atomic mass is 9.91. The van der Waals surface area contributed by atoms with E-state index < -0.39 is 5.60 Å². The number of hydrogen-bond donors (Lipinski definition) is 1. The molecule has 16 heavy (non-hydrogen) atoms. The first-order valence-corrected chi connectivity index (χ1v) is 5.88. The van der Waals surface area contributed by atoms with Crippen LogP contribution in [0.2, 0.25) is 0 Å². The molecule has 0 fully saturated rings. The Morgan fingerprint density at radius 2 is 1.94 bits per heavy atom. The van der Waals surface area contributed by atoms with E-state index in [-0.39, 0.29) is 0 Å². The summed E-state index contributed by atoms with van der Waals surface area (Å²) >= 11 is 0. The van der Waals surface area contributed by atoms with Crippen molar-refractivity contribution in [2.24, 2.45) is 4.99 Å². The zero-order valence-corrected chi connectivity index (χ0v) is 10.4. The molecule has 1 aromatic rings. The normalized spacial score (nSPS) is 15.9. The minimum atomic E-state index is -0.949.